The molecule has 1 aromatic heterocycles. The molecule has 0 bridgehead atoms. The van der Waals surface area contributed by atoms with Crippen molar-refractivity contribution in [3.63, 3.8) is 0 Å². The monoisotopic (exact) mass is 260 g/mol. The van der Waals surface area contributed by atoms with Crippen molar-refractivity contribution < 1.29 is 4.74 Å². The van der Waals surface area contributed by atoms with E-state index in [9.17, 15) is 0 Å². The number of nitrogens with one attached hydrogen (secondary N) is 1. The van der Waals surface area contributed by atoms with Crippen molar-refractivity contribution in [1.29, 1.82) is 0 Å². The van der Waals surface area contributed by atoms with Gasteiger partial charge in [-0.15, -0.1) is 0 Å². The molecule has 1 aromatic carbocycles. The van der Waals surface area contributed by atoms with Crippen LogP contribution >= 0.6 is 0 Å². The smallest absolute Gasteiger partial charge is 0.181 e. The van der Waals surface area contributed by atoms with Gasteiger partial charge in [-0.2, -0.15) is 5.10 Å². The van der Waals surface area contributed by atoms with Crippen LogP contribution in [-0.2, 0) is 7.05 Å². The number of hydrogen-bond acceptors (Lipinski definition) is 4. The summed E-state index contributed by atoms with van der Waals surface area (Å²) in [6.07, 6.45) is 1.69. The third-order valence-electron chi connectivity index (χ3n) is 2.76. The minimum Gasteiger partial charge on any atom is -0.495 e. The molecule has 19 heavy (non-hydrogen) atoms. The summed E-state index contributed by atoms with van der Waals surface area (Å²) in [5.41, 5.74) is 1.95. The molecule has 0 fully saturated rings. The third kappa shape index (κ3) is 3.24. The maximum absolute atomic E-state index is 5.42. The van der Waals surface area contributed by atoms with E-state index in [2.05, 4.69) is 29.2 Å². The number of aryl methyl sites for hydroxylation is 1. The molecule has 1 heterocycles. The van der Waals surface area contributed by atoms with Crippen LogP contribution in [-0.4, -0.2) is 28.4 Å². The van der Waals surface area contributed by atoms with E-state index in [1.807, 2.05) is 25.2 Å². The Labute approximate surface area is 113 Å². The maximum Gasteiger partial charge on any atom is 0.181 e. The fourth-order valence-corrected chi connectivity index (χ4v) is 1.76. The molecule has 0 aliphatic carbocycles. The zero-order chi connectivity index (χ0) is 13.8. The molecule has 2 rings (SSSR count). The lowest BCUT2D eigenvalue weighted by Crippen LogP contribution is -2.08. The number of anilines is 1. The topological polar surface area (TPSA) is 52.0 Å². The van der Waals surface area contributed by atoms with Crippen molar-refractivity contribution in [3.8, 4) is 17.1 Å². The molecule has 0 aliphatic rings. The molecule has 0 spiro atoms. The third-order valence-corrected chi connectivity index (χ3v) is 2.76. The Morgan fingerprint density at radius 1 is 1.37 bits per heavy atom. The highest BCUT2D eigenvalue weighted by molar-refractivity contribution is 5.66. The van der Waals surface area contributed by atoms with Gasteiger partial charge in [-0.3, -0.25) is 4.68 Å². The number of nitrogens with zero attached hydrogens (tertiary/aromatic N) is 3. The van der Waals surface area contributed by atoms with Crippen LogP contribution in [0, 0.1) is 5.92 Å². The summed E-state index contributed by atoms with van der Waals surface area (Å²) >= 11 is 0. The van der Waals surface area contributed by atoms with Gasteiger partial charge in [0, 0.05) is 19.2 Å². The van der Waals surface area contributed by atoms with Gasteiger partial charge in [-0.05, 0) is 24.1 Å². The van der Waals surface area contributed by atoms with Crippen LogP contribution < -0.4 is 10.1 Å². The van der Waals surface area contributed by atoms with Gasteiger partial charge in [-0.1, -0.05) is 13.8 Å². The minimum absolute atomic E-state index is 0.585. The van der Waals surface area contributed by atoms with Crippen LogP contribution in [0.3, 0.4) is 0 Å². The fourth-order valence-electron chi connectivity index (χ4n) is 1.76. The van der Waals surface area contributed by atoms with E-state index in [0.717, 1.165) is 23.5 Å². The summed E-state index contributed by atoms with van der Waals surface area (Å²) in [7, 11) is 3.53. The first-order chi connectivity index (χ1) is 9.10. The van der Waals surface area contributed by atoms with E-state index in [0.29, 0.717) is 11.7 Å². The number of aromatic nitrogens is 3. The molecule has 0 saturated carbocycles. The zero-order valence-electron chi connectivity index (χ0n) is 11.8. The lowest BCUT2D eigenvalue weighted by molar-refractivity contribution is 0.416. The second-order valence-electron chi connectivity index (χ2n) is 4.93. The standard InChI is InChI=1S/C14H20N4O/c1-10(2)8-15-12-6-5-11(7-13(12)19-4)14-16-9-18(3)17-14/h5-7,9-10,15H,8H2,1-4H3. The van der Waals surface area contributed by atoms with Crippen molar-refractivity contribution in [2.45, 2.75) is 13.8 Å². The van der Waals surface area contributed by atoms with Gasteiger partial charge in [0.15, 0.2) is 5.82 Å². The molecule has 0 atom stereocenters. The van der Waals surface area contributed by atoms with Crippen molar-refractivity contribution in [2.24, 2.45) is 13.0 Å². The molecule has 102 valence electrons. The summed E-state index contributed by atoms with van der Waals surface area (Å²) < 4.78 is 7.11. The predicted octanol–water partition coefficient (Wildman–Crippen LogP) is 2.56. The summed E-state index contributed by atoms with van der Waals surface area (Å²) in [5.74, 6) is 2.10. The molecule has 5 heteroatoms. The molecule has 0 radical (unpaired) electrons. The van der Waals surface area contributed by atoms with Gasteiger partial charge >= 0.3 is 0 Å². The average molecular weight is 260 g/mol. The number of rotatable bonds is 5. The van der Waals surface area contributed by atoms with Crippen molar-refractivity contribution >= 4 is 5.69 Å². The number of methoxy groups -OCH3 is 1. The van der Waals surface area contributed by atoms with Crippen LogP contribution in [0.25, 0.3) is 11.4 Å². The second-order valence-corrected chi connectivity index (χ2v) is 4.93. The van der Waals surface area contributed by atoms with E-state index in [1.165, 1.54) is 0 Å². The first-order valence-electron chi connectivity index (χ1n) is 6.38. The zero-order valence-corrected chi connectivity index (χ0v) is 11.8. The highest BCUT2D eigenvalue weighted by Gasteiger charge is 2.08. The lowest BCUT2D eigenvalue weighted by atomic mass is 10.1. The van der Waals surface area contributed by atoms with Crippen LogP contribution in [0.1, 0.15) is 13.8 Å². The van der Waals surface area contributed by atoms with Gasteiger partial charge < -0.3 is 10.1 Å². The van der Waals surface area contributed by atoms with E-state index in [-0.39, 0.29) is 0 Å². The van der Waals surface area contributed by atoms with Gasteiger partial charge in [0.2, 0.25) is 0 Å². The summed E-state index contributed by atoms with van der Waals surface area (Å²) in [6.45, 7) is 5.26. The van der Waals surface area contributed by atoms with Crippen molar-refractivity contribution in [1.82, 2.24) is 14.8 Å². The highest BCUT2D eigenvalue weighted by Crippen LogP contribution is 2.29. The van der Waals surface area contributed by atoms with E-state index in [4.69, 9.17) is 4.74 Å². The van der Waals surface area contributed by atoms with Gasteiger partial charge in [0.1, 0.15) is 12.1 Å². The molecule has 1 N–H and O–H groups in total. The minimum atomic E-state index is 0.585. The fraction of sp³-hybridized carbons (Fsp3) is 0.429. The van der Waals surface area contributed by atoms with E-state index >= 15 is 0 Å². The summed E-state index contributed by atoms with van der Waals surface area (Å²) in [6, 6.07) is 5.96. The van der Waals surface area contributed by atoms with Gasteiger partial charge in [0.25, 0.3) is 0 Å². The molecule has 0 unspecified atom stereocenters. The first kappa shape index (κ1) is 13.4. The Kier molecular flexibility index (Phi) is 4.04. The molecule has 5 nitrogen and oxygen atoms in total. The Morgan fingerprint density at radius 3 is 2.74 bits per heavy atom. The van der Waals surface area contributed by atoms with Crippen LogP contribution in [0.15, 0.2) is 24.5 Å². The number of hydrogen-bond donors (Lipinski definition) is 1. The quantitative estimate of drug-likeness (QED) is 0.897. The van der Waals surface area contributed by atoms with E-state index in [1.54, 1.807) is 18.1 Å². The normalized spacial score (nSPS) is 10.8. The predicted molar refractivity (Wildman–Crippen MR) is 76.3 cm³/mol. The number of ether oxygens (including phenoxy) is 1. The van der Waals surface area contributed by atoms with E-state index < -0.39 is 0 Å². The van der Waals surface area contributed by atoms with Gasteiger partial charge in [-0.25, -0.2) is 4.98 Å². The largest absolute Gasteiger partial charge is 0.495 e. The summed E-state index contributed by atoms with van der Waals surface area (Å²) in [5, 5.41) is 7.67. The van der Waals surface area contributed by atoms with Gasteiger partial charge in [0.05, 0.1) is 12.8 Å². The summed E-state index contributed by atoms with van der Waals surface area (Å²) in [4.78, 5) is 4.24. The number of benzene rings is 1. The van der Waals surface area contributed by atoms with Crippen molar-refractivity contribution in [3.05, 3.63) is 24.5 Å². The van der Waals surface area contributed by atoms with Crippen LogP contribution in [0.2, 0.25) is 0 Å². The molecular formula is C14H20N4O. The van der Waals surface area contributed by atoms with Crippen LogP contribution in [0.4, 0.5) is 5.69 Å². The Morgan fingerprint density at radius 2 is 2.16 bits per heavy atom. The van der Waals surface area contributed by atoms with Crippen LogP contribution in [0.5, 0.6) is 5.75 Å². The second kappa shape index (κ2) is 5.73. The molecular weight excluding hydrogens is 240 g/mol. The molecule has 0 saturated heterocycles. The average Bonchev–Trinajstić information content (AvgIpc) is 2.82. The van der Waals surface area contributed by atoms with Crippen molar-refractivity contribution in [2.75, 3.05) is 19.0 Å². The Balaban J connectivity index is 2.25. The first-order valence-corrected chi connectivity index (χ1v) is 6.38. The molecule has 0 amide bonds. The molecule has 0 aliphatic heterocycles. The Bertz CT molecular complexity index is 548. The maximum atomic E-state index is 5.42. The SMILES string of the molecule is COc1cc(-c2ncn(C)n2)ccc1NCC(C)C. The Hall–Kier alpha value is -2.04. The highest BCUT2D eigenvalue weighted by atomic mass is 16.5. The molecule has 2 aromatic rings. The lowest BCUT2D eigenvalue weighted by Gasteiger charge is -2.13.